The van der Waals surface area contributed by atoms with E-state index in [1.807, 2.05) is 21.1 Å². The van der Waals surface area contributed by atoms with Crippen LogP contribution in [0.25, 0.3) is 0 Å². The van der Waals surface area contributed by atoms with E-state index in [4.69, 9.17) is 18.9 Å². The summed E-state index contributed by atoms with van der Waals surface area (Å²) in [4.78, 5) is 37.6. The zero-order chi connectivity index (χ0) is 70.4. The zero-order valence-electron chi connectivity index (χ0n) is 64.4. The molecular formula is C88H157NO8. The fourth-order valence-electron chi connectivity index (χ4n) is 12.0. The second-order valence-electron chi connectivity index (χ2n) is 29.0. The van der Waals surface area contributed by atoms with Gasteiger partial charge in [-0.2, -0.15) is 0 Å². The number of likely N-dealkylation sites (N-methyl/N-ethyl adjacent to an activating group) is 1. The molecule has 0 rings (SSSR count). The molecule has 0 spiro atoms. The lowest BCUT2D eigenvalue weighted by atomic mass is 10.0. The highest BCUT2D eigenvalue weighted by Gasteiger charge is 2.22. The van der Waals surface area contributed by atoms with Gasteiger partial charge in [0.05, 0.1) is 40.3 Å². The van der Waals surface area contributed by atoms with Gasteiger partial charge in [0.15, 0.2) is 12.4 Å². The third-order valence-corrected chi connectivity index (χ3v) is 18.3. The third-order valence-electron chi connectivity index (χ3n) is 18.3. The summed E-state index contributed by atoms with van der Waals surface area (Å²) in [5.74, 6) is -2.26. The van der Waals surface area contributed by atoms with Crippen molar-refractivity contribution in [3.63, 3.8) is 0 Å². The molecule has 0 aromatic heterocycles. The molecule has 2 unspecified atom stereocenters. The maximum atomic E-state index is 13.0. The molecule has 0 N–H and O–H groups in total. The molecule has 0 fully saturated rings. The number of allylic oxidation sites excluding steroid dienone is 16. The molecule has 2 atom stereocenters. The normalized spacial score (nSPS) is 13.1. The number of ether oxygens (including phenoxy) is 4. The first-order chi connectivity index (χ1) is 47.6. The standard InChI is InChI=1S/C88H157NO8/c1-6-8-10-12-14-16-18-20-22-24-26-28-30-32-34-36-38-40-41-42-43-44-45-47-48-50-52-54-56-58-60-62-64-66-68-70-72-74-76-78-85(90)95-82-84(83-96-88(87(92)93)94-81-80-89(3,4)5)97-86(91)79-77-75-73-71-69-67-65-63-61-59-57-55-53-51-49-46-39-37-35-33-31-29-27-25-23-21-19-17-15-13-11-9-7-2/h9,11,15,17-18,20-21,23-24,26-27,29,33,35,39,46,84,88H,6-8,10,12-14,16,19,22,25,28,30-32,34,36-38,40-45,47-83H2,1-5H3/b11-9-,17-15-,20-18-,23-21-,26-24-,29-27-,35-33-,46-39-. The number of quaternary nitrogens is 1. The lowest BCUT2D eigenvalue weighted by molar-refractivity contribution is -0.870. The van der Waals surface area contributed by atoms with Crippen LogP contribution in [0.1, 0.15) is 386 Å². The number of nitrogens with zero attached hydrogens (tertiary/aromatic N) is 1. The second-order valence-corrected chi connectivity index (χ2v) is 29.0. The van der Waals surface area contributed by atoms with E-state index in [0.29, 0.717) is 23.9 Å². The Kier molecular flexibility index (Phi) is 74.9. The highest BCUT2D eigenvalue weighted by atomic mass is 16.7. The SMILES string of the molecule is CC/C=C\C/C=C\C/C=C\C/C=C\C/C=C\C/C=C\CCCCCCCCCCCCCCCCC(=O)OC(COC(=O)CCCCCCCCCCCCCCCCCCCCCCCCCCCCC/C=C\C/C=C\CCCCCCC)COC(OCC[N+](C)(C)C)C(=O)[O-]. The van der Waals surface area contributed by atoms with Crippen LogP contribution in [0.4, 0.5) is 0 Å². The summed E-state index contributed by atoms with van der Waals surface area (Å²) in [6.07, 6.45) is 105. The maximum absolute atomic E-state index is 13.0. The van der Waals surface area contributed by atoms with E-state index in [1.165, 1.54) is 270 Å². The van der Waals surface area contributed by atoms with E-state index in [-0.39, 0.29) is 32.2 Å². The van der Waals surface area contributed by atoms with Gasteiger partial charge in [0.2, 0.25) is 0 Å². The first-order valence-corrected chi connectivity index (χ1v) is 41.4. The van der Waals surface area contributed by atoms with Crippen molar-refractivity contribution in [1.82, 2.24) is 0 Å². The van der Waals surface area contributed by atoms with Crippen LogP contribution in [0.2, 0.25) is 0 Å². The van der Waals surface area contributed by atoms with Crippen LogP contribution >= 0.6 is 0 Å². The van der Waals surface area contributed by atoms with Crippen LogP contribution in [0, 0.1) is 0 Å². The fourth-order valence-corrected chi connectivity index (χ4v) is 12.0. The Morgan fingerprint density at radius 1 is 0.320 bits per heavy atom. The quantitative estimate of drug-likeness (QED) is 0.0195. The Morgan fingerprint density at radius 2 is 0.588 bits per heavy atom. The Labute approximate surface area is 601 Å². The van der Waals surface area contributed by atoms with Crippen LogP contribution in [0.15, 0.2) is 97.2 Å². The zero-order valence-corrected chi connectivity index (χ0v) is 64.4. The van der Waals surface area contributed by atoms with E-state index in [2.05, 4.69) is 111 Å². The largest absolute Gasteiger partial charge is 0.545 e. The molecule has 0 aromatic carbocycles. The number of carbonyl (C=O) groups is 3. The van der Waals surface area contributed by atoms with Gasteiger partial charge in [0, 0.05) is 12.8 Å². The van der Waals surface area contributed by atoms with E-state index in [1.54, 1.807) is 0 Å². The van der Waals surface area contributed by atoms with Gasteiger partial charge in [0.25, 0.3) is 0 Å². The van der Waals surface area contributed by atoms with Crippen LogP contribution in [-0.2, 0) is 33.3 Å². The topological polar surface area (TPSA) is 111 Å². The predicted molar refractivity (Wildman–Crippen MR) is 417 cm³/mol. The number of carboxylic acids is 1. The molecule has 0 aliphatic carbocycles. The number of aliphatic carboxylic acids is 1. The molecule has 0 heterocycles. The highest BCUT2D eigenvalue weighted by molar-refractivity contribution is 5.70. The third kappa shape index (κ3) is 79.4. The molecule has 0 aliphatic rings. The Balaban J connectivity index is 3.97. The molecule has 9 heteroatoms. The van der Waals surface area contributed by atoms with Crippen molar-refractivity contribution in [2.45, 2.75) is 399 Å². The molecular weight excluding hydrogens is 1200 g/mol. The molecule has 0 amide bonds. The van der Waals surface area contributed by atoms with Crippen molar-refractivity contribution in [1.29, 1.82) is 0 Å². The predicted octanol–water partition coefficient (Wildman–Crippen LogP) is 25.4. The van der Waals surface area contributed by atoms with Crippen LogP contribution in [0.3, 0.4) is 0 Å². The van der Waals surface area contributed by atoms with Gasteiger partial charge in [0.1, 0.15) is 13.2 Å². The summed E-state index contributed by atoms with van der Waals surface area (Å²) >= 11 is 0. The summed E-state index contributed by atoms with van der Waals surface area (Å²) < 4.78 is 22.9. The van der Waals surface area contributed by atoms with E-state index >= 15 is 0 Å². The van der Waals surface area contributed by atoms with Crippen molar-refractivity contribution in [3.05, 3.63) is 97.2 Å². The lowest BCUT2D eigenvalue weighted by Crippen LogP contribution is -2.44. The molecule has 0 aliphatic heterocycles. The van der Waals surface area contributed by atoms with Crippen molar-refractivity contribution in [3.8, 4) is 0 Å². The highest BCUT2D eigenvalue weighted by Crippen LogP contribution is 2.19. The minimum absolute atomic E-state index is 0.147. The lowest BCUT2D eigenvalue weighted by Gasteiger charge is -2.26. The number of carboxylic acid groups (broad SMARTS) is 1. The van der Waals surface area contributed by atoms with Gasteiger partial charge >= 0.3 is 11.9 Å². The molecule has 0 saturated heterocycles. The molecule has 0 bridgehead atoms. The number of rotatable bonds is 77. The minimum atomic E-state index is -1.63. The van der Waals surface area contributed by atoms with Crippen LogP contribution < -0.4 is 5.11 Å². The van der Waals surface area contributed by atoms with E-state index < -0.39 is 24.3 Å². The number of hydrogen-bond acceptors (Lipinski definition) is 8. The summed E-state index contributed by atoms with van der Waals surface area (Å²) in [5.41, 5.74) is 0. The monoisotopic (exact) mass is 1360 g/mol. The summed E-state index contributed by atoms with van der Waals surface area (Å²) in [5, 5.41) is 11.9. The van der Waals surface area contributed by atoms with Gasteiger partial charge < -0.3 is 33.3 Å². The van der Waals surface area contributed by atoms with Crippen LogP contribution in [0.5, 0.6) is 0 Å². The number of unbranched alkanes of at least 4 members (excludes halogenated alkanes) is 46. The van der Waals surface area contributed by atoms with Crippen molar-refractivity contribution in [2.24, 2.45) is 0 Å². The van der Waals surface area contributed by atoms with E-state index in [0.717, 1.165) is 83.5 Å². The Bertz CT molecular complexity index is 1920. The molecule has 97 heavy (non-hydrogen) atoms. The Morgan fingerprint density at radius 3 is 0.876 bits per heavy atom. The smallest absolute Gasteiger partial charge is 0.306 e. The van der Waals surface area contributed by atoms with Crippen molar-refractivity contribution < 1.29 is 42.9 Å². The van der Waals surface area contributed by atoms with Crippen molar-refractivity contribution >= 4 is 17.9 Å². The molecule has 9 nitrogen and oxygen atoms in total. The Hall–Kier alpha value is -3.79. The fraction of sp³-hybridized carbons (Fsp3) is 0.784. The molecule has 0 radical (unpaired) electrons. The first kappa shape index (κ1) is 93.2. The van der Waals surface area contributed by atoms with Gasteiger partial charge in [-0.25, -0.2) is 0 Å². The number of carbonyl (C=O) groups excluding carboxylic acids is 3. The minimum Gasteiger partial charge on any atom is -0.545 e. The van der Waals surface area contributed by atoms with E-state index in [9.17, 15) is 19.5 Å². The summed E-state index contributed by atoms with van der Waals surface area (Å²) in [7, 11) is 5.94. The average Bonchev–Trinajstić information content (AvgIpc) is 2.59. The number of hydrogen-bond donors (Lipinski definition) is 0. The summed E-state index contributed by atoms with van der Waals surface area (Å²) in [6, 6.07) is 0. The van der Waals surface area contributed by atoms with Gasteiger partial charge in [-0.05, 0) is 96.3 Å². The maximum Gasteiger partial charge on any atom is 0.306 e. The van der Waals surface area contributed by atoms with Gasteiger partial charge in [-0.3, -0.25) is 9.59 Å². The molecule has 0 aromatic rings. The van der Waals surface area contributed by atoms with Crippen LogP contribution in [-0.4, -0.2) is 82.3 Å². The average molecular weight is 1360 g/mol. The first-order valence-electron chi connectivity index (χ1n) is 41.4. The number of esters is 2. The summed E-state index contributed by atoms with van der Waals surface area (Å²) in [6.45, 7) is 4.67. The van der Waals surface area contributed by atoms with Crippen molar-refractivity contribution in [2.75, 3.05) is 47.5 Å². The second kappa shape index (κ2) is 77.9. The molecule has 0 saturated carbocycles. The van der Waals surface area contributed by atoms with Gasteiger partial charge in [-0.15, -0.1) is 0 Å². The van der Waals surface area contributed by atoms with Gasteiger partial charge in [-0.1, -0.05) is 374 Å². The molecule has 562 valence electrons.